The molecule has 5 nitrogen and oxygen atoms in total. The Kier molecular flexibility index (Phi) is 6.58. The third kappa shape index (κ3) is 5.56. The lowest BCUT2D eigenvalue weighted by Gasteiger charge is -2.10. The zero-order valence-corrected chi connectivity index (χ0v) is 15.7. The van der Waals surface area contributed by atoms with Crippen molar-refractivity contribution in [2.24, 2.45) is 5.92 Å². The first-order chi connectivity index (χ1) is 11.8. The highest BCUT2D eigenvalue weighted by Gasteiger charge is 2.15. The molecule has 0 aliphatic carbocycles. The molecule has 134 valence electrons. The summed E-state index contributed by atoms with van der Waals surface area (Å²) in [4.78, 5) is 12.3. The van der Waals surface area contributed by atoms with E-state index in [-0.39, 0.29) is 16.7 Å². The van der Waals surface area contributed by atoms with Crippen LogP contribution in [0.5, 0.6) is 0 Å². The molecule has 0 saturated heterocycles. The highest BCUT2D eigenvalue weighted by Crippen LogP contribution is 2.15. The van der Waals surface area contributed by atoms with Gasteiger partial charge in [0, 0.05) is 23.7 Å². The molecule has 2 aromatic rings. The van der Waals surface area contributed by atoms with Gasteiger partial charge >= 0.3 is 0 Å². The summed E-state index contributed by atoms with van der Waals surface area (Å²) in [6.45, 7) is 4.51. The number of carbonyl (C=O) groups excluding carboxylic acids is 1. The topological polar surface area (TPSA) is 75.3 Å². The van der Waals surface area contributed by atoms with Gasteiger partial charge in [-0.2, -0.15) is 0 Å². The largest absolute Gasteiger partial charge is 0.348 e. The van der Waals surface area contributed by atoms with E-state index in [1.165, 1.54) is 24.3 Å². The van der Waals surface area contributed by atoms with Crippen molar-refractivity contribution in [1.82, 2.24) is 10.0 Å². The summed E-state index contributed by atoms with van der Waals surface area (Å²) in [6.07, 6.45) is 0. The monoisotopic (exact) mass is 380 g/mol. The maximum Gasteiger partial charge on any atom is 0.251 e. The van der Waals surface area contributed by atoms with E-state index in [4.69, 9.17) is 11.6 Å². The molecule has 2 N–H and O–H groups in total. The average molecular weight is 381 g/mol. The molecule has 1 amide bonds. The molecule has 0 aliphatic heterocycles. The van der Waals surface area contributed by atoms with E-state index in [0.29, 0.717) is 23.7 Å². The first kappa shape index (κ1) is 19.4. The molecule has 0 spiro atoms. The summed E-state index contributed by atoms with van der Waals surface area (Å²) in [5.74, 6) is -0.0800. The third-order valence-corrected chi connectivity index (χ3v) is 5.31. The molecule has 25 heavy (non-hydrogen) atoms. The maximum atomic E-state index is 12.2. The molecule has 0 aromatic heterocycles. The average Bonchev–Trinajstić information content (AvgIpc) is 2.59. The molecule has 7 heteroatoms. The number of hydrogen-bond donors (Lipinski definition) is 2. The summed E-state index contributed by atoms with van der Waals surface area (Å²) in [7, 11) is -3.56. The van der Waals surface area contributed by atoms with Gasteiger partial charge in [-0.1, -0.05) is 43.6 Å². The smallest absolute Gasteiger partial charge is 0.251 e. The van der Waals surface area contributed by atoms with Crippen LogP contribution >= 0.6 is 11.6 Å². The Labute approximate surface area is 153 Å². The highest BCUT2D eigenvalue weighted by molar-refractivity contribution is 7.89. The Morgan fingerprint density at radius 3 is 2.32 bits per heavy atom. The molecule has 0 bridgehead atoms. The van der Waals surface area contributed by atoms with Crippen molar-refractivity contribution >= 4 is 27.5 Å². The first-order valence-electron chi connectivity index (χ1n) is 7.91. The summed E-state index contributed by atoms with van der Waals surface area (Å²) in [6, 6.07) is 13.1. The van der Waals surface area contributed by atoms with Crippen LogP contribution in [0, 0.1) is 5.92 Å². The van der Waals surface area contributed by atoms with E-state index in [0.717, 1.165) is 5.56 Å². The van der Waals surface area contributed by atoms with Crippen LogP contribution in [0.3, 0.4) is 0 Å². The van der Waals surface area contributed by atoms with Gasteiger partial charge in [-0.05, 0) is 41.8 Å². The predicted molar refractivity (Wildman–Crippen MR) is 99.1 cm³/mol. The Bertz CT molecular complexity index is 834. The third-order valence-electron chi connectivity index (χ3n) is 3.51. The molecular formula is C18H21ClN2O3S. The Hall–Kier alpha value is -1.89. The number of benzene rings is 2. The van der Waals surface area contributed by atoms with E-state index >= 15 is 0 Å². The Balaban J connectivity index is 2.01. The van der Waals surface area contributed by atoms with Crippen molar-refractivity contribution in [3.63, 3.8) is 0 Å². The predicted octanol–water partition coefficient (Wildman–Crippen LogP) is 3.20. The van der Waals surface area contributed by atoms with Crippen LogP contribution in [0.4, 0.5) is 0 Å². The lowest BCUT2D eigenvalue weighted by molar-refractivity contribution is 0.0951. The molecule has 0 unspecified atom stereocenters. The van der Waals surface area contributed by atoms with E-state index in [9.17, 15) is 13.2 Å². The molecule has 2 aromatic carbocycles. The molecule has 0 fully saturated rings. The van der Waals surface area contributed by atoms with E-state index in [1.54, 1.807) is 6.07 Å². The van der Waals surface area contributed by atoms with Crippen molar-refractivity contribution in [2.45, 2.75) is 25.3 Å². The minimum atomic E-state index is -3.56. The van der Waals surface area contributed by atoms with E-state index in [1.807, 2.05) is 32.0 Å². The molecule has 0 saturated carbocycles. The van der Waals surface area contributed by atoms with E-state index in [2.05, 4.69) is 10.0 Å². The van der Waals surface area contributed by atoms with Gasteiger partial charge in [0.2, 0.25) is 10.0 Å². The lowest BCUT2D eigenvalue weighted by Crippen LogP contribution is -2.27. The number of halogens is 1. The fourth-order valence-corrected chi connectivity index (χ4v) is 3.48. The number of carbonyl (C=O) groups is 1. The molecule has 0 radical (unpaired) electrons. The van der Waals surface area contributed by atoms with Crippen LogP contribution in [-0.2, 0) is 16.6 Å². The molecule has 0 aliphatic rings. The number of nitrogens with one attached hydrogen (secondary N) is 2. The number of rotatable bonds is 7. The lowest BCUT2D eigenvalue weighted by atomic mass is 10.2. The summed E-state index contributed by atoms with van der Waals surface area (Å²) in [5, 5.41) is 3.35. The zero-order valence-electron chi connectivity index (χ0n) is 14.1. The number of hydrogen-bond acceptors (Lipinski definition) is 3. The minimum absolute atomic E-state index is 0.135. The van der Waals surface area contributed by atoms with Crippen LogP contribution < -0.4 is 10.0 Å². The summed E-state index contributed by atoms with van der Waals surface area (Å²) < 4.78 is 26.8. The van der Waals surface area contributed by atoms with Crippen molar-refractivity contribution in [1.29, 1.82) is 0 Å². The number of sulfonamides is 1. The van der Waals surface area contributed by atoms with Crippen LogP contribution in [0.25, 0.3) is 0 Å². The summed E-state index contributed by atoms with van der Waals surface area (Å²) >= 11 is 6.05. The zero-order chi connectivity index (χ0) is 18.4. The molecular weight excluding hydrogens is 360 g/mol. The minimum Gasteiger partial charge on any atom is -0.348 e. The molecule has 2 rings (SSSR count). The quantitative estimate of drug-likeness (QED) is 0.774. The van der Waals surface area contributed by atoms with Gasteiger partial charge in [-0.15, -0.1) is 0 Å². The second kappa shape index (κ2) is 8.47. The normalized spacial score (nSPS) is 11.5. The van der Waals surface area contributed by atoms with Crippen molar-refractivity contribution in [3.05, 3.63) is 64.7 Å². The molecule has 0 heterocycles. The van der Waals surface area contributed by atoms with Gasteiger partial charge in [0.1, 0.15) is 0 Å². The van der Waals surface area contributed by atoms with Gasteiger partial charge in [0.05, 0.1) is 4.90 Å². The van der Waals surface area contributed by atoms with Gasteiger partial charge in [0.25, 0.3) is 5.91 Å². The second-order valence-electron chi connectivity index (χ2n) is 6.04. The Morgan fingerprint density at radius 1 is 1.08 bits per heavy atom. The van der Waals surface area contributed by atoms with Crippen LogP contribution in [0.1, 0.15) is 29.8 Å². The van der Waals surface area contributed by atoms with Crippen molar-refractivity contribution in [2.75, 3.05) is 6.54 Å². The highest BCUT2D eigenvalue weighted by atomic mass is 35.5. The van der Waals surface area contributed by atoms with Crippen molar-refractivity contribution < 1.29 is 13.2 Å². The van der Waals surface area contributed by atoms with Crippen LogP contribution in [-0.4, -0.2) is 20.9 Å². The van der Waals surface area contributed by atoms with Gasteiger partial charge in [-0.25, -0.2) is 13.1 Å². The van der Waals surface area contributed by atoms with Crippen molar-refractivity contribution in [3.8, 4) is 0 Å². The van der Waals surface area contributed by atoms with Crippen LogP contribution in [0.15, 0.2) is 53.4 Å². The fraction of sp³-hybridized carbons (Fsp3) is 0.278. The maximum absolute atomic E-state index is 12.2. The SMILES string of the molecule is CC(C)CNS(=O)(=O)c1ccc(C(=O)NCc2ccccc2Cl)cc1. The van der Waals surface area contributed by atoms with Gasteiger partial charge < -0.3 is 5.32 Å². The second-order valence-corrected chi connectivity index (χ2v) is 8.22. The standard InChI is InChI=1S/C18H21ClN2O3S/c1-13(2)11-21-25(23,24)16-9-7-14(8-10-16)18(22)20-12-15-5-3-4-6-17(15)19/h3-10,13,21H,11-12H2,1-2H3,(H,20,22). The van der Waals surface area contributed by atoms with E-state index < -0.39 is 10.0 Å². The summed E-state index contributed by atoms with van der Waals surface area (Å²) in [5.41, 5.74) is 1.20. The number of amides is 1. The first-order valence-corrected chi connectivity index (χ1v) is 9.77. The van der Waals surface area contributed by atoms with Crippen LogP contribution in [0.2, 0.25) is 5.02 Å². The Morgan fingerprint density at radius 2 is 1.72 bits per heavy atom. The van der Waals surface area contributed by atoms with Gasteiger partial charge in [0.15, 0.2) is 0 Å². The van der Waals surface area contributed by atoms with Gasteiger partial charge in [-0.3, -0.25) is 4.79 Å². The fourth-order valence-electron chi connectivity index (χ4n) is 2.06. The molecule has 0 atom stereocenters.